The van der Waals surface area contributed by atoms with E-state index in [-0.39, 0.29) is 12.5 Å². The van der Waals surface area contributed by atoms with Gasteiger partial charge in [0.15, 0.2) is 6.61 Å². The Kier molecular flexibility index (Phi) is 6.02. The normalized spacial score (nSPS) is 11.3. The number of benzene rings is 1. The third kappa shape index (κ3) is 4.72. The van der Waals surface area contributed by atoms with Crippen LogP contribution in [0.15, 0.2) is 29.4 Å². The van der Waals surface area contributed by atoms with Crippen molar-refractivity contribution in [3.63, 3.8) is 0 Å². The van der Waals surface area contributed by atoms with E-state index in [2.05, 4.69) is 48.9 Å². The summed E-state index contributed by atoms with van der Waals surface area (Å²) < 4.78 is 7.81. The Balaban J connectivity index is 1.93. The number of carbonyl (C=O) groups is 1. The Labute approximate surface area is 149 Å². The fourth-order valence-electron chi connectivity index (χ4n) is 2.94. The number of amides is 1. The van der Waals surface area contributed by atoms with Crippen LogP contribution in [0, 0.1) is 27.7 Å². The lowest BCUT2D eigenvalue weighted by Crippen LogP contribution is -2.24. The maximum Gasteiger partial charge on any atom is 0.277 e. The number of hydrogen-bond acceptors (Lipinski definition) is 3. The Bertz CT molecular complexity index is 788. The van der Waals surface area contributed by atoms with Crippen LogP contribution in [-0.4, -0.2) is 23.3 Å². The summed E-state index contributed by atoms with van der Waals surface area (Å²) in [6, 6.07) is 8.37. The van der Waals surface area contributed by atoms with Crippen LogP contribution in [-0.2, 0) is 4.79 Å². The molecule has 25 heavy (non-hydrogen) atoms. The van der Waals surface area contributed by atoms with Crippen molar-refractivity contribution in [2.75, 3.05) is 6.61 Å². The van der Waals surface area contributed by atoms with Crippen molar-refractivity contribution in [3.05, 3.63) is 52.3 Å². The van der Waals surface area contributed by atoms with E-state index in [1.165, 1.54) is 5.69 Å². The van der Waals surface area contributed by atoms with Gasteiger partial charge in [-0.05, 0) is 64.8 Å². The maximum absolute atomic E-state index is 11.9. The molecule has 1 heterocycles. The van der Waals surface area contributed by atoms with E-state index in [1.807, 2.05) is 32.0 Å². The molecule has 2 aromatic rings. The van der Waals surface area contributed by atoms with Gasteiger partial charge in [-0.3, -0.25) is 4.79 Å². The second kappa shape index (κ2) is 8.01. The molecule has 0 saturated heterocycles. The monoisotopic (exact) mass is 341 g/mol. The minimum atomic E-state index is -0.283. The minimum absolute atomic E-state index is 0.0628. The van der Waals surface area contributed by atoms with Crippen LogP contribution in [0.5, 0.6) is 5.75 Å². The average molecular weight is 341 g/mol. The van der Waals surface area contributed by atoms with Crippen LogP contribution in [0.2, 0.25) is 0 Å². The maximum atomic E-state index is 11.9. The van der Waals surface area contributed by atoms with E-state index < -0.39 is 0 Å². The number of rotatable bonds is 6. The molecule has 1 aromatic heterocycles. The molecule has 0 spiro atoms. The molecule has 1 aromatic carbocycles. The second-order valence-electron chi connectivity index (χ2n) is 6.64. The lowest BCUT2D eigenvalue weighted by atomic mass is 10.1. The smallest absolute Gasteiger partial charge is 0.277 e. The molecule has 0 fully saturated rings. The van der Waals surface area contributed by atoms with Crippen molar-refractivity contribution in [2.24, 2.45) is 5.10 Å². The zero-order valence-electron chi connectivity index (χ0n) is 15.9. The van der Waals surface area contributed by atoms with E-state index >= 15 is 0 Å². The summed E-state index contributed by atoms with van der Waals surface area (Å²) in [5.74, 6) is 0.439. The molecule has 0 aliphatic carbocycles. The molecule has 0 aliphatic rings. The summed E-state index contributed by atoms with van der Waals surface area (Å²) in [7, 11) is 0. The number of aryl methyl sites for hydroxylation is 3. The first kappa shape index (κ1) is 18.8. The third-order valence-electron chi connectivity index (χ3n) is 4.14. The van der Waals surface area contributed by atoms with Gasteiger partial charge in [0.05, 0.1) is 6.21 Å². The second-order valence-corrected chi connectivity index (χ2v) is 6.64. The fourth-order valence-corrected chi connectivity index (χ4v) is 2.94. The molecule has 0 bridgehead atoms. The van der Waals surface area contributed by atoms with Gasteiger partial charge in [0.1, 0.15) is 5.75 Å². The largest absolute Gasteiger partial charge is 0.483 e. The van der Waals surface area contributed by atoms with Crippen molar-refractivity contribution in [1.29, 1.82) is 0 Å². The summed E-state index contributed by atoms with van der Waals surface area (Å²) in [4.78, 5) is 11.9. The van der Waals surface area contributed by atoms with Crippen LogP contribution >= 0.6 is 0 Å². The lowest BCUT2D eigenvalue weighted by Gasteiger charge is -2.13. The quantitative estimate of drug-likeness (QED) is 0.641. The summed E-state index contributed by atoms with van der Waals surface area (Å²) in [6.45, 7) is 12.3. The molecule has 2 rings (SSSR count). The highest BCUT2D eigenvalue weighted by atomic mass is 16.5. The standard InChI is InChI=1S/C20H27N3O2/c1-13(2)23-16(5)10-18(17(23)6)11-21-22-20(24)12-25-19-9-14(3)7-8-15(19)4/h7-11,13H,12H2,1-6H3,(H,22,24)/b21-11-. The molecule has 0 atom stereocenters. The van der Waals surface area contributed by atoms with Crippen molar-refractivity contribution in [1.82, 2.24) is 9.99 Å². The molecule has 0 unspecified atom stereocenters. The van der Waals surface area contributed by atoms with E-state index in [0.717, 1.165) is 28.1 Å². The SMILES string of the molecule is Cc1ccc(C)c(OCC(=O)N/N=C\c2cc(C)n(C(C)C)c2C)c1. The third-order valence-corrected chi connectivity index (χ3v) is 4.14. The fraction of sp³-hybridized carbons (Fsp3) is 0.400. The average Bonchev–Trinajstić information content (AvgIpc) is 2.82. The number of nitrogens with zero attached hydrogens (tertiary/aromatic N) is 2. The van der Waals surface area contributed by atoms with Gasteiger partial charge >= 0.3 is 0 Å². The van der Waals surface area contributed by atoms with Crippen molar-refractivity contribution >= 4 is 12.1 Å². The van der Waals surface area contributed by atoms with Gasteiger partial charge in [0, 0.05) is 23.0 Å². The van der Waals surface area contributed by atoms with E-state index in [1.54, 1.807) is 6.21 Å². The molecule has 0 aliphatic heterocycles. The number of hydrogen-bond donors (Lipinski definition) is 1. The first-order valence-corrected chi connectivity index (χ1v) is 8.50. The Morgan fingerprint density at radius 1 is 1.24 bits per heavy atom. The zero-order valence-corrected chi connectivity index (χ0v) is 15.9. The predicted molar refractivity (Wildman–Crippen MR) is 101 cm³/mol. The number of carbonyl (C=O) groups excluding carboxylic acids is 1. The molecule has 1 N–H and O–H groups in total. The molecular weight excluding hydrogens is 314 g/mol. The van der Waals surface area contributed by atoms with Crippen molar-refractivity contribution in [3.8, 4) is 5.75 Å². The number of aromatic nitrogens is 1. The highest BCUT2D eigenvalue weighted by Crippen LogP contribution is 2.19. The zero-order chi connectivity index (χ0) is 18.6. The first-order chi connectivity index (χ1) is 11.8. The summed E-state index contributed by atoms with van der Waals surface area (Å²) in [5.41, 5.74) is 7.93. The van der Waals surface area contributed by atoms with Gasteiger partial charge in [0.2, 0.25) is 0 Å². The highest BCUT2D eigenvalue weighted by Gasteiger charge is 2.10. The van der Waals surface area contributed by atoms with E-state index in [0.29, 0.717) is 6.04 Å². The lowest BCUT2D eigenvalue weighted by molar-refractivity contribution is -0.123. The number of nitrogens with one attached hydrogen (secondary N) is 1. The first-order valence-electron chi connectivity index (χ1n) is 8.50. The molecular formula is C20H27N3O2. The van der Waals surface area contributed by atoms with E-state index in [4.69, 9.17) is 4.74 Å². The van der Waals surface area contributed by atoms with Crippen LogP contribution in [0.1, 0.15) is 48.0 Å². The molecule has 5 heteroatoms. The number of hydrazone groups is 1. The number of ether oxygens (including phenoxy) is 1. The van der Waals surface area contributed by atoms with Crippen LogP contribution in [0.4, 0.5) is 0 Å². The van der Waals surface area contributed by atoms with Crippen molar-refractivity contribution < 1.29 is 9.53 Å². The van der Waals surface area contributed by atoms with E-state index in [9.17, 15) is 4.79 Å². The van der Waals surface area contributed by atoms with Gasteiger partial charge in [-0.1, -0.05) is 12.1 Å². The molecule has 134 valence electrons. The predicted octanol–water partition coefficient (Wildman–Crippen LogP) is 3.83. The molecule has 5 nitrogen and oxygen atoms in total. The van der Waals surface area contributed by atoms with Crippen LogP contribution < -0.4 is 10.2 Å². The van der Waals surface area contributed by atoms with Crippen LogP contribution in [0.25, 0.3) is 0 Å². The molecule has 1 amide bonds. The topological polar surface area (TPSA) is 55.6 Å². The Morgan fingerprint density at radius 3 is 2.60 bits per heavy atom. The minimum Gasteiger partial charge on any atom is -0.483 e. The summed E-state index contributed by atoms with van der Waals surface area (Å²) in [6.07, 6.45) is 1.68. The Morgan fingerprint density at radius 2 is 1.96 bits per heavy atom. The summed E-state index contributed by atoms with van der Waals surface area (Å²) in [5, 5.41) is 4.05. The molecule has 0 saturated carbocycles. The van der Waals surface area contributed by atoms with Crippen molar-refractivity contribution in [2.45, 2.75) is 47.6 Å². The van der Waals surface area contributed by atoms with Gasteiger partial charge in [-0.2, -0.15) is 5.10 Å². The van der Waals surface area contributed by atoms with Gasteiger partial charge in [0.25, 0.3) is 5.91 Å². The van der Waals surface area contributed by atoms with Crippen LogP contribution in [0.3, 0.4) is 0 Å². The highest BCUT2D eigenvalue weighted by molar-refractivity contribution is 5.84. The van der Waals surface area contributed by atoms with Gasteiger partial charge in [-0.25, -0.2) is 5.43 Å². The summed E-state index contributed by atoms with van der Waals surface area (Å²) >= 11 is 0. The van der Waals surface area contributed by atoms with Gasteiger partial charge < -0.3 is 9.30 Å². The molecule has 0 radical (unpaired) electrons. The Hall–Kier alpha value is -2.56. The van der Waals surface area contributed by atoms with Gasteiger partial charge in [-0.15, -0.1) is 0 Å².